The van der Waals surface area contributed by atoms with E-state index in [1.165, 1.54) is 17.3 Å². The summed E-state index contributed by atoms with van der Waals surface area (Å²) in [6.45, 7) is 5.62. The Morgan fingerprint density at radius 1 is 0.974 bits per heavy atom. The van der Waals surface area contributed by atoms with Crippen molar-refractivity contribution in [3.05, 3.63) is 107 Å². The number of thiocarbonyl (C=S) groups is 1. The van der Waals surface area contributed by atoms with Crippen molar-refractivity contribution in [1.29, 1.82) is 0 Å². The Labute approximate surface area is 239 Å². The van der Waals surface area contributed by atoms with E-state index in [0.29, 0.717) is 28.3 Å². The molecule has 3 aromatic carbocycles. The summed E-state index contributed by atoms with van der Waals surface area (Å²) in [6, 6.07) is 28.1. The van der Waals surface area contributed by atoms with Crippen LogP contribution in [-0.2, 0) is 11.2 Å². The van der Waals surface area contributed by atoms with Crippen molar-refractivity contribution >= 4 is 40.3 Å². The third kappa shape index (κ3) is 6.67. The predicted octanol–water partition coefficient (Wildman–Crippen LogP) is 7.41. The van der Waals surface area contributed by atoms with Crippen molar-refractivity contribution in [3.8, 4) is 22.7 Å². The molecule has 7 heteroatoms. The van der Waals surface area contributed by atoms with Crippen molar-refractivity contribution < 1.29 is 9.53 Å². The molecule has 2 heterocycles. The molecule has 1 saturated heterocycles. The number of benzene rings is 3. The van der Waals surface area contributed by atoms with Crippen LogP contribution in [0.15, 0.2) is 96.0 Å². The maximum Gasteiger partial charge on any atom is 0.266 e. The zero-order chi connectivity index (χ0) is 27.2. The van der Waals surface area contributed by atoms with Crippen LogP contribution >= 0.6 is 24.0 Å². The third-order valence-electron chi connectivity index (χ3n) is 6.48. The second-order valence-corrected chi connectivity index (χ2v) is 11.5. The van der Waals surface area contributed by atoms with E-state index in [-0.39, 0.29) is 5.91 Å². The summed E-state index contributed by atoms with van der Waals surface area (Å²) in [7, 11) is 0. The molecule has 39 heavy (non-hydrogen) atoms. The van der Waals surface area contributed by atoms with Gasteiger partial charge in [-0.1, -0.05) is 86.4 Å². The quantitative estimate of drug-likeness (QED) is 0.151. The summed E-state index contributed by atoms with van der Waals surface area (Å²) in [5, 5.41) is 4.91. The summed E-state index contributed by atoms with van der Waals surface area (Å²) >= 11 is 6.94. The SMILES string of the molecule is CC(C)CCOc1ccc(-c2nn(-c3ccccc3)cc2/C=C2\SC(=S)N(CCc3ccccc3)C2=O)cc1. The number of rotatable bonds is 10. The normalized spacial score (nSPS) is 14.5. The number of para-hydroxylation sites is 1. The molecule has 0 spiro atoms. The summed E-state index contributed by atoms with van der Waals surface area (Å²) in [6.07, 6.45) is 5.64. The highest BCUT2D eigenvalue weighted by Crippen LogP contribution is 2.35. The zero-order valence-corrected chi connectivity index (χ0v) is 23.8. The van der Waals surface area contributed by atoms with Crippen LogP contribution in [0.3, 0.4) is 0 Å². The molecule has 1 aromatic heterocycles. The van der Waals surface area contributed by atoms with E-state index < -0.39 is 0 Å². The molecule has 1 aliphatic heterocycles. The van der Waals surface area contributed by atoms with Gasteiger partial charge in [-0.15, -0.1) is 0 Å². The van der Waals surface area contributed by atoms with Gasteiger partial charge in [-0.25, -0.2) is 4.68 Å². The molecular weight excluding hydrogens is 523 g/mol. The third-order valence-corrected chi connectivity index (χ3v) is 7.86. The molecule has 4 aromatic rings. The van der Waals surface area contributed by atoms with E-state index in [2.05, 4.69) is 26.0 Å². The Balaban J connectivity index is 1.41. The van der Waals surface area contributed by atoms with E-state index in [1.807, 2.05) is 89.8 Å². The summed E-state index contributed by atoms with van der Waals surface area (Å²) in [5.41, 5.74) is 4.73. The van der Waals surface area contributed by atoms with Gasteiger partial charge < -0.3 is 4.74 Å². The first kappa shape index (κ1) is 26.9. The van der Waals surface area contributed by atoms with Gasteiger partial charge in [-0.05, 0) is 66.8 Å². The van der Waals surface area contributed by atoms with Crippen LogP contribution in [-0.4, -0.2) is 38.1 Å². The first-order chi connectivity index (χ1) is 19.0. The van der Waals surface area contributed by atoms with Gasteiger partial charge in [0.05, 0.1) is 22.9 Å². The zero-order valence-electron chi connectivity index (χ0n) is 22.1. The summed E-state index contributed by atoms with van der Waals surface area (Å²) < 4.78 is 8.34. The van der Waals surface area contributed by atoms with Gasteiger partial charge in [-0.3, -0.25) is 9.69 Å². The van der Waals surface area contributed by atoms with Gasteiger partial charge in [0.1, 0.15) is 10.1 Å². The smallest absolute Gasteiger partial charge is 0.266 e. The van der Waals surface area contributed by atoms with Gasteiger partial charge in [0.2, 0.25) is 0 Å². The fourth-order valence-electron chi connectivity index (χ4n) is 4.27. The molecule has 5 nitrogen and oxygen atoms in total. The molecule has 0 atom stereocenters. The number of hydrogen-bond donors (Lipinski definition) is 0. The first-order valence-corrected chi connectivity index (χ1v) is 14.4. The number of ether oxygens (including phenoxy) is 1. The van der Waals surface area contributed by atoms with Crippen LogP contribution in [0.4, 0.5) is 0 Å². The predicted molar refractivity (Wildman–Crippen MR) is 164 cm³/mol. The average Bonchev–Trinajstić information content (AvgIpc) is 3.49. The second kappa shape index (κ2) is 12.5. The lowest BCUT2D eigenvalue weighted by molar-refractivity contribution is -0.122. The lowest BCUT2D eigenvalue weighted by atomic mass is 10.1. The number of amides is 1. The Morgan fingerprint density at radius 2 is 1.67 bits per heavy atom. The maximum absolute atomic E-state index is 13.4. The molecule has 1 amide bonds. The largest absolute Gasteiger partial charge is 0.494 e. The molecule has 0 saturated carbocycles. The molecule has 5 rings (SSSR count). The highest BCUT2D eigenvalue weighted by molar-refractivity contribution is 8.26. The van der Waals surface area contributed by atoms with Gasteiger partial charge >= 0.3 is 0 Å². The minimum Gasteiger partial charge on any atom is -0.494 e. The fraction of sp³-hybridized carbons (Fsp3) is 0.219. The first-order valence-electron chi connectivity index (χ1n) is 13.2. The molecule has 198 valence electrons. The van der Waals surface area contributed by atoms with Crippen LogP contribution in [0.2, 0.25) is 0 Å². The van der Waals surface area contributed by atoms with Crippen molar-refractivity contribution in [3.63, 3.8) is 0 Å². The Kier molecular flexibility index (Phi) is 8.59. The minimum absolute atomic E-state index is 0.0618. The molecular formula is C32H31N3O2S2. The topological polar surface area (TPSA) is 47.4 Å². The number of carbonyl (C=O) groups excluding carboxylic acids is 1. The van der Waals surface area contributed by atoms with Crippen molar-refractivity contribution in [1.82, 2.24) is 14.7 Å². The van der Waals surface area contributed by atoms with Crippen LogP contribution in [0, 0.1) is 5.92 Å². The monoisotopic (exact) mass is 553 g/mol. The molecule has 1 fully saturated rings. The Hall–Kier alpha value is -3.68. The van der Waals surface area contributed by atoms with Crippen LogP contribution < -0.4 is 4.74 Å². The number of hydrogen-bond acceptors (Lipinski definition) is 5. The molecule has 0 unspecified atom stereocenters. The van der Waals surface area contributed by atoms with E-state index in [1.54, 1.807) is 4.90 Å². The van der Waals surface area contributed by atoms with Gasteiger partial charge in [-0.2, -0.15) is 5.10 Å². The molecule has 0 aliphatic carbocycles. The number of thioether (sulfide) groups is 1. The lowest BCUT2D eigenvalue weighted by Gasteiger charge is -2.14. The van der Waals surface area contributed by atoms with Gasteiger partial charge in [0.15, 0.2) is 0 Å². The van der Waals surface area contributed by atoms with Gasteiger partial charge in [0, 0.05) is 23.9 Å². The second-order valence-electron chi connectivity index (χ2n) is 9.84. The fourth-order valence-corrected chi connectivity index (χ4v) is 5.57. The van der Waals surface area contributed by atoms with Crippen LogP contribution in [0.5, 0.6) is 5.75 Å². The van der Waals surface area contributed by atoms with Crippen molar-refractivity contribution in [2.45, 2.75) is 26.7 Å². The lowest BCUT2D eigenvalue weighted by Crippen LogP contribution is -2.30. The van der Waals surface area contributed by atoms with Crippen molar-refractivity contribution in [2.75, 3.05) is 13.2 Å². The molecule has 1 aliphatic rings. The minimum atomic E-state index is -0.0618. The standard InChI is InChI=1S/C32H31N3O2S2/c1-23(2)18-20-37-28-15-13-25(14-16-28)30-26(22-35(33-30)27-11-7-4-8-12-27)21-29-31(36)34(32(38)39-29)19-17-24-9-5-3-6-10-24/h3-16,21-23H,17-20H2,1-2H3/b29-21-. The van der Waals surface area contributed by atoms with E-state index in [4.69, 9.17) is 22.1 Å². The van der Waals surface area contributed by atoms with Crippen LogP contribution in [0.25, 0.3) is 23.0 Å². The summed E-state index contributed by atoms with van der Waals surface area (Å²) in [4.78, 5) is 15.7. The average molecular weight is 554 g/mol. The van der Waals surface area contributed by atoms with E-state index >= 15 is 0 Å². The Bertz CT molecular complexity index is 1460. The highest BCUT2D eigenvalue weighted by Gasteiger charge is 2.32. The van der Waals surface area contributed by atoms with Crippen LogP contribution in [0.1, 0.15) is 31.4 Å². The maximum atomic E-state index is 13.4. The number of aromatic nitrogens is 2. The van der Waals surface area contributed by atoms with Gasteiger partial charge in [0.25, 0.3) is 5.91 Å². The van der Waals surface area contributed by atoms with E-state index in [0.717, 1.165) is 41.1 Å². The number of carbonyl (C=O) groups is 1. The summed E-state index contributed by atoms with van der Waals surface area (Å²) in [5.74, 6) is 1.37. The number of nitrogens with zero attached hydrogens (tertiary/aromatic N) is 3. The Morgan fingerprint density at radius 3 is 2.36 bits per heavy atom. The van der Waals surface area contributed by atoms with E-state index in [9.17, 15) is 4.79 Å². The van der Waals surface area contributed by atoms with Crippen molar-refractivity contribution in [2.24, 2.45) is 5.92 Å². The molecule has 0 radical (unpaired) electrons. The molecule has 0 bridgehead atoms. The highest BCUT2D eigenvalue weighted by atomic mass is 32.2. The molecule has 0 N–H and O–H groups in total.